The van der Waals surface area contributed by atoms with Crippen molar-refractivity contribution in [3.05, 3.63) is 361 Å². The average Bonchev–Trinajstić information content (AvgIpc) is 0.767. The molecule has 18 rings (SSSR count). The molecule has 0 aliphatic carbocycles. The van der Waals surface area contributed by atoms with Crippen molar-refractivity contribution in [3.63, 3.8) is 0 Å². The first kappa shape index (κ1) is 59.3. The van der Waals surface area contributed by atoms with Gasteiger partial charge >= 0.3 is 0 Å². The van der Waals surface area contributed by atoms with E-state index < -0.39 is 0 Å². The highest BCUT2D eigenvalue weighted by molar-refractivity contribution is 6.14. The van der Waals surface area contributed by atoms with Crippen molar-refractivity contribution in [2.75, 3.05) is 0 Å². The monoisotopic (exact) mass is 1220 g/mol. The van der Waals surface area contributed by atoms with Crippen LogP contribution in [0.1, 0.15) is 33.4 Å². The Morgan fingerprint density at radius 2 is 0.312 bits per heavy atom. The highest BCUT2D eigenvalue weighted by atomic mass is 14.2. The van der Waals surface area contributed by atoms with Gasteiger partial charge in [0.2, 0.25) is 0 Å². The van der Waals surface area contributed by atoms with Gasteiger partial charge in [0, 0.05) is 0 Å². The van der Waals surface area contributed by atoms with Gasteiger partial charge < -0.3 is 0 Å². The van der Waals surface area contributed by atoms with Crippen LogP contribution in [-0.4, -0.2) is 0 Å². The van der Waals surface area contributed by atoms with E-state index in [1.54, 1.807) is 0 Å². The first-order valence-corrected chi connectivity index (χ1v) is 33.6. The van der Waals surface area contributed by atoms with Crippen molar-refractivity contribution >= 4 is 97.0 Å². The molecule has 456 valence electrons. The second-order valence-corrected chi connectivity index (χ2v) is 26.2. The van der Waals surface area contributed by atoms with E-state index in [1.165, 1.54) is 197 Å². The predicted octanol–water partition coefficient (Wildman–Crippen LogP) is 27.3. The highest BCUT2D eigenvalue weighted by Gasteiger charge is 2.17. The Bertz CT molecular complexity index is 5850. The molecular formula is C96H72. The molecule has 0 spiro atoms. The standard InChI is InChI=1S/3C32H24/c1-21-15-17-29(25-11-5-3-9-23(21)25)31-19-20-32(28-14-8-7-13-27(28)31)30-18-16-22(2)24-10-4-6-12-26(24)30;1-21-11-13-24-20-25(15-14-23(24)19-21)27-17-18-32(30-10-6-5-9-29(27)30)31-16-12-22(2)26-7-3-4-8-28(26)31;1-21-7-9-25-19-27(13-11-23(25)17-21)29-15-16-30(32-6-4-3-5-31(29)32)28-14-12-24-18-22(2)8-10-26(24)20-28/h3*3-20H,1-2H3. The van der Waals surface area contributed by atoms with E-state index in [0.29, 0.717) is 0 Å². The average molecular weight is 1230 g/mol. The summed E-state index contributed by atoms with van der Waals surface area (Å²) in [6.07, 6.45) is 0. The number of fused-ring (bicyclic) bond motifs is 9. The molecule has 0 radical (unpaired) electrons. The van der Waals surface area contributed by atoms with Crippen LogP contribution in [0.25, 0.3) is 164 Å². The number of aryl methyl sites for hydroxylation is 6. The zero-order valence-electron chi connectivity index (χ0n) is 55.2. The van der Waals surface area contributed by atoms with Crippen molar-refractivity contribution in [1.82, 2.24) is 0 Å². The largest absolute Gasteiger partial charge is 0.0616 e. The van der Waals surface area contributed by atoms with Gasteiger partial charge in [-0.3, -0.25) is 0 Å². The summed E-state index contributed by atoms with van der Waals surface area (Å²) in [5.41, 5.74) is 23.2. The van der Waals surface area contributed by atoms with Crippen LogP contribution in [0, 0.1) is 41.5 Å². The summed E-state index contributed by atoms with van der Waals surface area (Å²) in [5.74, 6) is 0. The Kier molecular flexibility index (Phi) is 15.4. The molecule has 0 atom stereocenters. The quantitative estimate of drug-likeness (QED) is 0.156. The second-order valence-electron chi connectivity index (χ2n) is 26.2. The minimum absolute atomic E-state index is 1.26. The molecule has 0 heterocycles. The summed E-state index contributed by atoms with van der Waals surface area (Å²) in [6.45, 7) is 13.0. The molecule has 0 amide bonds. The van der Waals surface area contributed by atoms with E-state index in [1.807, 2.05) is 0 Å². The third-order valence-electron chi connectivity index (χ3n) is 20.0. The Hall–Kier alpha value is -11.7. The summed E-state index contributed by atoms with van der Waals surface area (Å²) in [5, 5.41) is 23.4. The number of benzene rings is 18. The maximum atomic E-state index is 2.32. The fourth-order valence-electron chi connectivity index (χ4n) is 15.0. The van der Waals surface area contributed by atoms with Gasteiger partial charge in [-0.1, -0.05) is 326 Å². The van der Waals surface area contributed by atoms with Gasteiger partial charge in [0.1, 0.15) is 0 Å². The van der Waals surface area contributed by atoms with Crippen LogP contribution < -0.4 is 0 Å². The molecule has 0 aliphatic rings. The summed E-state index contributed by atoms with van der Waals surface area (Å²) >= 11 is 0. The van der Waals surface area contributed by atoms with E-state index in [9.17, 15) is 0 Å². The molecule has 0 saturated carbocycles. The Morgan fingerprint density at radius 3 is 0.562 bits per heavy atom. The lowest BCUT2D eigenvalue weighted by molar-refractivity contribution is 1.50. The fraction of sp³-hybridized carbons (Fsp3) is 0.0625. The van der Waals surface area contributed by atoms with Crippen molar-refractivity contribution in [2.45, 2.75) is 41.5 Å². The summed E-state index contributed by atoms with van der Waals surface area (Å²) in [4.78, 5) is 0. The number of hydrogen-bond donors (Lipinski definition) is 0. The number of hydrogen-bond acceptors (Lipinski definition) is 0. The first-order valence-electron chi connectivity index (χ1n) is 33.6. The minimum Gasteiger partial charge on any atom is -0.0616 e. The smallest absolute Gasteiger partial charge is 0.00987 e. The van der Waals surface area contributed by atoms with Crippen molar-refractivity contribution < 1.29 is 0 Å². The molecule has 18 aromatic carbocycles. The molecule has 0 heteroatoms. The molecule has 0 saturated heterocycles. The van der Waals surface area contributed by atoms with Gasteiger partial charge in [-0.05, 0) is 240 Å². The van der Waals surface area contributed by atoms with Gasteiger partial charge in [0.15, 0.2) is 0 Å². The molecule has 18 aromatic rings. The molecule has 0 nitrogen and oxygen atoms in total. The molecular weight excluding hydrogens is 1150 g/mol. The first-order chi connectivity index (χ1) is 47.1. The maximum absolute atomic E-state index is 2.32. The van der Waals surface area contributed by atoms with E-state index >= 15 is 0 Å². The Morgan fingerprint density at radius 1 is 0.135 bits per heavy atom. The molecule has 0 N–H and O–H groups in total. The van der Waals surface area contributed by atoms with Crippen molar-refractivity contribution in [3.8, 4) is 66.8 Å². The van der Waals surface area contributed by atoms with E-state index in [4.69, 9.17) is 0 Å². The SMILES string of the molecule is Cc1ccc(-c2ccc(-c3ccc(C)c4ccccc34)c3ccccc23)c2ccccc12.Cc1ccc2cc(-c3ccc(-c4ccc(C)c5ccccc45)c4ccccc34)ccc2c1.Cc1ccc2cc(-c3ccc(-c4ccc5cc(C)ccc5c4)c4ccccc34)ccc2c1. The molecule has 0 bridgehead atoms. The lowest BCUT2D eigenvalue weighted by atomic mass is 9.87. The zero-order valence-corrected chi connectivity index (χ0v) is 55.2. The van der Waals surface area contributed by atoms with Crippen molar-refractivity contribution in [2.24, 2.45) is 0 Å². The molecule has 0 aromatic heterocycles. The normalized spacial score (nSPS) is 11.4. The third kappa shape index (κ3) is 11.0. The van der Waals surface area contributed by atoms with E-state index in [-0.39, 0.29) is 0 Å². The Labute approximate surface area is 562 Å². The van der Waals surface area contributed by atoms with Gasteiger partial charge in [-0.2, -0.15) is 0 Å². The molecule has 0 aliphatic heterocycles. The van der Waals surface area contributed by atoms with Crippen LogP contribution in [0.3, 0.4) is 0 Å². The van der Waals surface area contributed by atoms with Crippen LogP contribution in [0.2, 0.25) is 0 Å². The second kappa shape index (κ2) is 25.0. The van der Waals surface area contributed by atoms with Crippen LogP contribution in [0.5, 0.6) is 0 Å². The summed E-state index contributed by atoms with van der Waals surface area (Å²) in [7, 11) is 0. The molecule has 96 heavy (non-hydrogen) atoms. The predicted molar refractivity (Wildman–Crippen MR) is 418 cm³/mol. The topological polar surface area (TPSA) is 0 Å². The summed E-state index contributed by atoms with van der Waals surface area (Å²) < 4.78 is 0. The van der Waals surface area contributed by atoms with Crippen LogP contribution in [-0.2, 0) is 0 Å². The van der Waals surface area contributed by atoms with E-state index in [2.05, 4.69) is 369 Å². The number of rotatable bonds is 6. The van der Waals surface area contributed by atoms with Crippen molar-refractivity contribution in [1.29, 1.82) is 0 Å². The van der Waals surface area contributed by atoms with Gasteiger partial charge in [-0.25, -0.2) is 0 Å². The minimum atomic E-state index is 1.26. The van der Waals surface area contributed by atoms with Crippen LogP contribution >= 0.6 is 0 Å². The highest BCUT2D eigenvalue weighted by Crippen LogP contribution is 2.44. The molecule has 0 unspecified atom stereocenters. The Balaban J connectivity index is 0.000000113. The van der Waals surface area contributed by atoms with Gasteiger partial charge in [0.05, 0.1) is 0 Å². The maximum Gasteiger partial charge on any atom is -0.00987 e. The van der Waals surface area contributed by atoms with E-state index in [0.717, 1.165) is 0 Å². The summed E-state index contributed by atoms with van der Waals surface area (Å²) in [6, 6.07) is 120. The van der Waals surface area contributed by atoms with Crippen LogP contribution in [0.4, 0.5) is 0 Å². The van der Waals surface area contributed by atoms with Gasteiger partial charge in [-0.15, -0.1) is 0 Å². The zero-order chi connectivity index (χ0) is 65.0. The van der Waals surface area contributed by atoms with Crippen LogP contribution in [0.15, 0.2) is 328 Å². The fourth-order valence-corrected chi connectivity index (χ4v) is 15.0. The lowest BCUT2D eigenvalue weighted by Crippen LogP contribution is -1.90. The third-order valence-corrected chi connectivity index (χ3v) is 20.0. The lowest BCUT2D eigenvalue weighted by Gasteiger charge is -2.16. The molecule has 0 fully saturated rings. The van der Waals surface area contributed by atoms with Gasteiger partial charge in [0.25, 0.3) is 0 Å².